The van der Waals surface area contributed by atoms with E-state index in [4.69, 9.17) is 4.74 Å². The number of carbonyl (C=O) groups excluding carboxylic acids is 2. The fraction of sp³-hybridized carbons (Fsp3) is 0.125. The SMILES string of the molecule is COC(=O)COc1c(Br)cc(/C=N/NC(=O)C(O)(c2ccccc2)c2ccccc2)cc1Br. The van der Waals surface area contributed by atoms with Crippen LogP contribution in [-0.4, -0.2) is 36.9 Å². The molecular weight excluding hydrogens is 556 g/mol. The summed E-state index contributed by atoms with van der Waals surface area (Å²) in [5.41, 5.74) is 1.97. The number of esters is 1. The van der Waals surface area contributed by atoms with Crippen LogP contribution in [0.15, 0.2) is 86.8 Å². The third-order valence-electron chi connectivity index (χ3n) is 4.67. The van der Waals surface area contributed by atoms with E-state index in [1.165, 1.54) is 13.3 Å². The van der Waals surface area contributed by atoms with Gasteiger partial charge in [-0.15, -0.1) is 0 Å². The second-order valence-electron chi connectivity index (χ2n) is 6.82. The first kappa shape index (κ1) is 24.6. The summed E-state index contributed by atoms with van der Waals surface area (Å²) < 4.78 is 11.1. The Morgan fingerprint density at radius 1 is 1.00 bits per heavy atom. The topological polar surface area (TPSA) is 97.2 Å². The molecule has 0 fully saturated rings. The quantitative estimate of drug-likeness (QED) is 0.239. The number of nitrogens with one attached hydrogen (secondary N) is 1. The van der Waals surface area contributed by atoms with Crippen molar-refractivity contribution in [3.63, 3.8) is 0 Å². The van der Waals surface area contributed by atoms with Crippen molar-refractivity contribution in [1.82, 2.24) is 5.43 Å². The molecule has 0 atom stereocenters. The van der Waals surface area contributed by atoms with Crippen LogP contribution >= 0.6 is 31.9 Å². The maximum Gasteiger partial charge on any atom is 0.343 e. The van der Waals surface area contributed by atoms with Gasteiger partial charge in [-0.3, -0.25) is 4.79 Å². The van der Waals surface area contributed by atoms with Crippen molar-refractivity contribution < 1.29 is 24.2 Å². The molecule has 2 N–H and O–H groups in total. The Kier molecular flexibility index (Phi) is 8.37. The third kappa shape index (κ3) is 5.87. The fourth-order valence-corrected chi connectivity index (χ4v) is 4.47. The van der Waals surface area contributed by atoms with Gasteiger partial charge in [-0.05, 0) is 60.7 Å². The maximum absolute atomic E-state index is 13.1. The molecule has 0 aromatic heterocycles. The Labute approximate surface area is 207 Å². The lowest BCUT2D eigenvalue weighted by atomic mass is 9.85. The van der Waals surface area contributed by atoms with Gasteiger partial charge in [-0.25, -0.2) is 10.2 Å². The number of ether oxygens (including phenoxy) is 2. The van der Waals surface area contributed by atoms with E-state index in [1.807, 2.05) is 0 Å². The zero-order chi connectivity index (χ0) is 23.8. The predicted molar refractivity (Wildman–Crippen MR) is 131 cm³/mol. The highest BCUT2D eigenvalue weighted by Crippen LogP contribution is 2.34. The predicted octanol–water partition coefficient (Wildman–Crippen LogP) is 4.15. The van der Waals surface area contributed by atoms with Gasteiger partial charge in [0.2, 0.25) is 0 Å². The number of amides is 1. The average molecular weight is 576 g/mol. The molecule has 3 rings (SSSR count). The number of nitrogens with zero attached hydrogens (tertiary/aromatic N) is 1. The van der Waals surface area contributed by atoms with E-state index < -0.39 is 17.5 Å². The minimum Gasteiger partial charge on any atom is -0.480 e. The minimum absolute atomic E-state index is 0.241. The Bertz CT molecular complexity index is 1090. The largest absolute Gasteiger partial charge is 0.480 e. The number of hydrazone groups is 1. The Hall–Kier alpha value is -3.01. The van der Waals surface area contributed by atoms with Crippen LogP contribution < -0.4 is 10.2 Å². The molecule has 3 aromatic carbocycles. The molecule has 0 heterocycles. The van der Waals surface area contributed by atoms with Gasteiger partial charge in [0.05, 0.1) is 22.3 Å². The van der Waals surface area contributed by atoms with Crippen LogP contribution in [0.4, 0.5) is 0 Å². The van der Waals surface area contributed by atoms with E-state index in [-0.39, 0.29) is 6.61 Å². The molecular formula is C24H20Br2N2O5. The molecule has 0 spiro atoms. The number of aliphatic hydroxyl groups is 1. The molecule has 9 heteroatoms. The highest BCUT2D eigenvalue weighted by atomic mass is 79.9. The number of hydrogen-bond acceptors (Lipinski definition) is 6. The van der Waals surface area contributed by atoms with Crippen LogP contribution in [0.1, 0.15) is 16.7 Å². The van der Waals surface area contributed by atoms with Gasteiger partial charge >= 0.3 is 5.97 Å². The van der Waals surface area contributed by atoms with Crippen molar-refractivity contribution in [2.45, 2.75) is 5.60 Å². The van der Waals surface area contributed by atoms with E-state index in [0.717, 1.165) is 0 Å². The summed E-state index contributed by atoms with van der Waals surface area (Å²) in [5, 5.41) is 15.4. The molecule has 0 aliphatic rings. The first-order chi connectivity index (χ1) is 15.9. The van der Waals surface area contributed by atoms with E-state index in [0.29, 0.717) is 31.4 Å². The van der Waals surface area contributed by atoms with Gasteiger partial charge < -0.3 is 14.6 Å². The van der Waals surface area contributed by atoms with Crippen molar-refractivity contribution in [3.05, 3.63) is 98.4 Å². The third-order valence-corrected chi connectivity index (χ3v) is 5.85. The molecule has 0 aliphatic heterocycles. The van der Waals surface area contributed by atoms with Crippen molar-refractivity contribution in [2.75, 3.05) is 13.7 Å². The lowest BCUT2D eigenvalue weighted by Crippen LogP contribution is -2.43. The van der Waals surface area contributed by atoms with E-state index in [2.05, 4.69) is 47.1 Å². The zero-order valence-electron chi connectivity index (χ0n) is 17.5. The van der Waals surface area contributed by atoms with Crippen LogP contribution in [0.2, 0.25) is 0 Å². The number of benzene rings is 3. The average Bonchev–Trinajstić information content (AvgIpc) is 2.83. The van der Waals surface area contributed by atoms with Crippen LogP contribution in [0.5, 0.6) is 5.75 Å². The van der Waals surface area contributed by atoms with Gasteiger partial charge in [0.1, 0.15) is 5.75 Å². The molecule has 33 heavy (non-hydrogen) atoms. The summed E-state index contributed by atoms with van der Waals surface area (Å²) in [5.74, 6) is -0.789. The van der Waals surface area contributed by atoms with Crippen LogP contribution in [-0.2, 0) is 19.9 Å². The van der Waals surface area contributed by atoms with Crippen molar-refractivity contribution in [2.24, 2.45) is 5.10 Å². The second kappa shape index (κ2) is 11.2. The van der Waals surface area contributed by atoms with E-state index in [1.54, 1.807) is 72.8 Å². The van der Waals surface area contributed by atoms with Crippen molar-refractivity contribution in [1.29, 1.82) is 0 Å². The van der Waals surface area contributed by atoms with Gasteiger partial charge in [-0.1, -0.05) is 60.7 Å². The number of halogens is 2. The molecule has 1 amide bonds. The molecule has 0 radical (unpaired) electrons. The van der Waals surface area contributed by atoms with Crippen LogP contribution in [0.3, 0.4) is 0 Å². The maximum atomic E-state index is 13.1. The fourth-order valence-electron chi connectivity index (χ4n) is 3.02. The summed E-state index contributed by atoms with van der Waals surface area (Å²) in [4.78, 5) is 24.4. The molecule has 0 unspecified atom stereocenters. The Balaban J connectivity index is 1.80. The summed E-state index contributed by atoms with van der Waals surface area (Å²) in [6.07, 6.45) is 1.42. The Morgan fingerprint density at radius 2 is 1.52 bits per heavy atom. The van der Waals surface area contributed by atoms with Gasteiger partial charge in [0, 0.05) is 0 Å². The van der Waals surface area contributed by atoms with Gasteiger partial charge in [0.25, 0.3) is 5.91 Å². The molecule has 7 nitrogen and oxygen atoms in total. The lowest BCUT2D eigenvalue weighted by Gasteiger charge is -2.27. The van der Waals surface area contributed by atoms with E-state index in [9.17, 15) is 14.7 Å². The monoisotopic (exact) mass is 574 g/mol. The summed E-state index contributed by atoms with van der Waals surface area (Å²) in [7, 11) is 1.28. The summed E-state index contributed by atoms with van der Waals surface area (Å²) in [6, 6.07) is 20.7. The minimum atomic E-state index is -1.92. The van der Waals surface area contributed by atoms with Crippen LogP contribution in [0, 0.1) is 0 Å². The first-order valence-electron chi connectivity index (χ1n) is 9.72. The normalized spacial score (nSPS) is 11.3. The number of carbonyl (C=O) groups is 2. The first-order valence-corrected chi connectivity index (χ1v) is 11.3. The van der Waals surface area contributed by atoms with Crippen LogP contribution in [0.25, 0.3) is 0 Å². The molecule has 3 aromatic rings. The number of methoxy groups -OCH3 is 1. The molecule has 0 saturated heterocycles. The Morgan fingerprint density at radius 3 is 2.00 bits per heavy atom. The van der Waals surface area contributed by atoms with Crippen molar-refractivity contribution >= 4 is 50.0 Å². The molecule has 0 bridgehead atoms. The van der Waals surface area contributed by atoms with E-state index >= 15 is 0 Å². The smallest absolute Gasteiger partial charge is 0.343 e. The highest BCUT2D eigenvalue weighted by molar-refractivity contribution is 9.11. The molecule has 170 valence electrons. The second-order valence-corrected chi connectivity index (χ2v) is 8.53. The molecule has 0 aliphatic carbocycles. The van der Waals surface area contributed by atoms with Crippen molar-refractivity contribution in [3.8, 4) is 5.75 Å². The highest BCUT2D eigenvalue weighted by Gasteiger charge is 2.39. The lowest BCUT2D eigenvalue weighted by molar-refractivity contribution is -0.143. The number of rotatable bonds is 8. The van der Waals surface area contributed by atoms with Gasteiger partial charge in [-0.2, -0.15) is 5.10 Å². The molecule has 0 saturated carbocycles. The zero-order valence-corrected chi connectivity index (χ0v) is 20.7. The number of hydrogen-bond donors (Lipinski definition) is 2. The summed E-state index contributed by atoms with van der Waals surface area (Å²) >= 11 is 6.78. The van der Waals surface area contributed by atoms with Gasteiger partial charge in [0.15, 0.2) is 12.2 Å². The summed E-state index contributed by atoms with van der Waals surface area (Å²) in [6.45, 7) is -0.241. The standard InChI is InChI=1S/C24H20Br2N2O5/c1-32-21(29)15-33-22-19(25)12-16(13-20(22)26)14-27-28-23(30)24(31,17-8-4-2-5-9-17)18-10-6-3-7-11-18/h2-14,31H,15H2,1H3,(H,28,30)/b27-14+.